The van der Waals surface area contributed by atoms with Crippen molar-refractivity contribution in [1.29, 1.82) is 0 Å². The zero-order valence-electron chi connectivity index (χ0n) is 14.7. The number of anilines is 1. The standard InChI is InChI=1S/C20H25N3O2/c1-3-14(2)19(24)23-18-6-4-5-16(11-18)13-22-20(25)17-9-7-15(12-21)8-10-17/h4-11,14H,3,12-13,21H2,1-2H3,(H,22,25)(H,23,24). The normalized spacial score (nSPS) is 11.6. The third-order valence-corrected chi connectivity index (χ3v) is 4.16. The van der Waals surface area contributed by atoms with Gasteiger partial charge in [0.05, 0.1) is 0 Å². The van der Waals surface area contributed by atoms with Crippen molar-refractivity contribution in [3.05, 3.63) is 65.2 Å². The number of carbonyl (C=O) groups is 2. The molecule has 2 aromatic rings. The molecule has 25 heavy (non-hydrogen) atoms. The molecule has 4 N–H and O–H groups in total. The highest BCUT2D eigenvalue weighted by atomic mass is 16.2. The van der Waals surface area contributed by atoms with Gasteiger partial charge in [-0.25, -0.2) is 0 Å². The molecule has 2 rings (SSSR count). The van der Waals surface area contributed by atoms with Gasteiger partial charge in [0.25, 0.3) is 5.91 Å². The van der Waals surface area contributed by atoms with Gasteiger partial charge in [-0.2, -0.15) is 0 Å². The molecule has 0 spiro atoms. The number of rotatable bonds is 7. The summed E-state index contributed by atoms with van der Waals surface area (Å²) < 4.78 is 0. The first-order valence-electron chi connectivity index (χ1n) is 8.50. The molecule has 0 bridgehead atoms. The smallest absolute Gasteiger partial charge is 0.251 e. The summed E-state index contributed by atoms with van der Waals surface area (Å²) >= 11 is 0. The summed E-state index contributed by atoms with van der Waals surface area (Å²) in [4.78, 5) is 24.2. The van der Waals surface area contributed by atoms with E-state index in [1.807, 2.05) is 50.2 Å². The third-order valence-electron chi connectivity index (χ3n) is 4.16. The van der Waals surface area contributed by atoms with E-state index >= 15 is 0 Å². The predicted molar refractivity (Wildman–Crippen MR) is 100 cm³/mol. The van der Waals surface area contributed by atoms with Gasteiger partial charge in [0, 0.05) is 30.3 Å². The predicted octanol–water partition coefficient (Wildman–Crippen LogP) is 3.06. The Morgan fingerprint density at radius 3 is 2.44 bits per heavy atom. The monoisotopic (exact) mass is 339 g/mol. The van der Waals surface area contributed by atoms with E-state index in [4.69, 9.17) is 5.73 Å². The summed E-state index contributed by atoms with van der Waals surface area (Å²) in [7, 11) is 0. The number of nitrogens with two attached hydrogens (primary N) is 1. The Morgan fingerprint density at radius 2 is 1.80 bits per heavy atom. The topological polar surface area (TPSA) is 84.2 Å². The van der Waals surface area contributed by atoms with Crippen LogP contribution < -0.4 is 16.4 Å². The van der Waals surface area contributed by atoms with Gasteiger partial charge in [0.2, 0.25) is 5.91 Å². The number of amides is 2. The number of carbonyl (C=O) groups excluding carboxylic acids is 2. The van der Waals surface area contributed by atoms with Crippen LogP contribution >= 0.6 is 0 Å². The van der Waals surface area contributed by atoms with Gasteiger partial charge >= 0.3 is 0 Å². The van der Waals surface area contributed by atoms with Crippen LogP contribution in [0.1, 0.15) is 41.8 Å². The van der Waals surface area contributed by atoms with E-state index in [1.54, 1.807) is 12.1 Å². The maximum Gasteiger partial charge on any atom is 0.251 e. The molecule has 0 aliphatic carbocycles. The molecule has 0 heterocycles. The van der Waals surface area contributed by atoms with Crippen LogP contribution in [0, 0.1) is 5.92 Å². The molecule has 0 aliphatic heterocycles. The minimum atomic E-state index is -0.141. The Kier molecular flexibility index (Phi) is 6.71. The van der Waals surface area contributed by atoms with Crippen molar-refractivity contribution in [3.63, 3.8) is 0 Å². The van der Waals surface area contributed by atoms with E-state index in [1.165, 1.54) is 0 Å². The van der Waals surface area contributed by atoms with E-state index in [9.17, 15) is 9.59 Å². The molecule has 0 saturated carbocycles. The van der Waals surface area contributed by atoms with Crippen LogP contribution in [0.2, 0.25) is 0 Å². The number of hydrogen-bond donors (Lipinski definition) is 3. The Bertz CT molecular complexity index is 726. The van der Waals surface area contributed by atoms with Crippen molar-refractivity contribution in [2.45, 2.75) is 33.4 Å². The highest BCUT2D eigenvalue weighted by Gasteiger charge is 2.11. The molecular weight excluding hydrogens is 314 g/mol. The van der Waals surface area contributed by atoms with Gasteiger partial charge in [-0.05, 0) is 41.8 Å². The first kappa shape index (κ1) is 18.7. The van der Waals surface area contributed by atoms with E-state index in [0.29, 0.717) is 18.7 Å². The van der Waals surface area contributed by atoms with Crippen molar-refractivity contribution in [1.82, 2.24) is 5.32 Å². The fourth-order valence-corrected chi connectivity index (χ4v) is 2.29. The lowest BCUT2D eigenvalue weighted by Crippen LogP contribution is -2.23. The van der Waals surface area contributed by atoms with Crippen LogP contribution in [-0.4, -0.2) is 11.8 Å². The molecule has 1 atom stereocenters. The zero-order valence-corrected chi connectivity index (χ0v) is 14.7. The van der Waals surface area contributed by atoms with E-state index < -0.39 is 0 Å². The number of nitrogens with one attached hydrogen (secondary N) is 2. The average molecular weight is 339 g/mol. The van der Waals surface area contributed by atoms with Crippen LogP contribution in [0.5, 0.6) is 0 Å². The minimum Gasteiger partial charge on any atom is -0.348 e. The molecular formula is C20H25N3O2. The lowest BCUT2D eigenvalue weighted by atomic mass is 10.1. The SMILES string of the molecule is CCC(C)C(=O)Nc1cccc(CNC(=O)c2ccc(CN)cc2)c1. The third kappa shape index (κ3) is 5.43. The fraction of sp³-hybridized carbons (Fsp3) is 0.300. The zero-order chi connectivity index (χ0) is 18.2. The fourth-order valence-electron chi connectivity index (χ4n) is 2.29. The highest BCUT2D eigenvalue weighted by molar-refractivity contribution is 5.94. The summed E-state index contributed by atoms with van der Waals surface area (Å²) in [5.41, 5.74) is 8.80. The molecule has 0 radical (unpaired) electrons. The van der Waals surface area contributed by atoms with Crippen molar-refractivity contribution in [2.24, 2.45) is 11.7 Å². The van der Waals surface area contributed by atoms with Crippen molar-refractivity contribution < 1.29 is 9.59 Å². The average Bonchev–Trinajstić information content (AvgIpc) is 2.65. The summed E-state index contributed by atoms with van der Waals surface area (Å²) in [6, 6.07) is 14.7. The van der Waals surface area contributed by atoms with Crippen molar-refractivity contribution in [3.8, 4) is 0 Å². The van der Waals surface area contributed by atoms with Crippen LogP contribution in [-0.2, 0) is 17.9 Å². The second-order valence-electron chi connectivity index (χ2n) is 6.08. The maximum atomic E-state index is 12.2. The van der Waals surface area contributed by atoms with Crippen LogP contribution in [0.25, 0.3) is 0 Å². The van der Waals surface area contributed by atoms with Crippen molar-refractivity contribution in [2.75, 3.05) is 5.32 Å². The van der Waals surface area contributed by atoms with Gasteiger partial charge in [-0.1, -0.05) is 38.1 Å². The second-order valence-corrected chi connectivity index (χ2v) is 6.08. The Morgan fingerprint density at radius 1 is 1.08 bits per heavy atom. The summed E-state index contributed by atoms with van der Waals surface area (Å²) in [6.07, 6.45) is 0.796. The van der Waals surface area contributed by atoms with E-state index in [0.717, 1.165) is 23.2 Å². The molecule has 2 amide bonds. The van der Waals surface area contributed by atoms with Crippen LogP contribution in [0.4, 0.5) is 5.69 Å². The van der Waals surface area contributed by atoms with Crippen LogP contribution in [0.3, 0.4) is 0 Å². The Labute approximate surface area is 148 Å². The van der Waals surface area contributed by atoms with Crippen molar-refractivity contribution >= 4 is 17.5 Å². The van der Waals surface area contributed by atoms with Gasteiger partial charge in [0.1, 0.15) is 0 Å². The minimum absolute atomic E-state index is 0.00341. The lowest BCUT2D eigenvalue weighted by Gasteiger charge is -2.11. The maximum absolute atomic E-state index is 12.2. The molecule has 0 fully saturated rings. The molecule has 0 aromatic heterocycles. The highest BCUT2D eigenvalue weighted by Crippen LogP contribution is 2.13. The summed E-state index contributed by atoms with van der Waals surface area (Å²) in [5, 5.41) is 5.79. The summed E-state index contributed by atoms with van der Waals surface area (Å²) in [5.74, 6) is -0.166. The lowest BCUT2D eigenvalue weighted by molar-refractivity contribution is -0.119. The van der Waals surface area contributed by atoms with Gasteiger partial charge in [-0.3, -0.25) is 9.59 Å². The number of hydrogen-bond acceptors (Lipinski definition) is 3. The van der Waals surface area contributed by atoms with Gasteiger partial charge in [0.15, 0.2) is 0 Å². The second kappa shape index (κ2) is 8.99. The molecule has 2 aromatic carbocycles. The molecule has 1 unspecified atom stereocenters. The molecule has 5 nitrogen and oxygen atoms in total. The van der Waals surface area contributed by atoms with Gasteiger partial charge < -0.3 is 16.4 Å². The van der Waals surface area contributed by atoms with Gasteiger partial charge in [-0.15, -0.1) is 0 Å². The molecule has 0 saturated heterocycles. The Balaban J connectivity index is 1.95. The van der Waals surface area contributed by atoms with E-state index in [-0.39, 0.29) is 17.7 Å². The van der Waals surface area contributed by atoms with Crippen LogP contribution in [0.15, 0.2) is 48.5 Å². The molecule has 0 aliphatic rings. The Hall–Kier alpha value is -2.66. The first-order valence-corrected chi connectivity index (χ1v) is 8.50. The molecule has 5 heteroatoms. The quantitative estimate of drug-likeness (QED) is 0.725. The summed E-state index contributed by atoms with van der Waals surface area (Å²) in [6.45, 7) is 4.73. The first-order chi connectivity index (χ1) is 12.0. The van der Waals surface area contributed by atoms with E-state index in [2.05, 4.69) is 10.6 Å². The molecule has 132 valence electrons. The largest absolute Gasteiger partial charge is 0.348 e. The number of benzene rings is 2.